The van der Waals surface area contributed by atoms with Gasteiger partial charge in [0.25, 0.3) is 0 Å². The van der Waals surface area contributed by atoms with Gasteiger partial charge in [0.2, 0.25) is 0 Å². The van der Waals surface area contributed by atoms with Crippen LogP contribution in [-0.4, -0.2) is 96.7 Å². The number of hydrogen-bond donors (Lipinski definition) is 3. The molecule has 0 aliphatic heterocycles. The molecule has 0 aromatic heterocycles. The molecule has 6 atom stereocenters. The Morgan fingerprint density at radius 1 is 0.333 bits per heavy atom. The topological polar surface area (TPSA) is 237 Å². The number of hydrogen-bond acceptors (Lipinski definition) is 15. The van der Waals surface area contributed by atoms with Crippen molar-refractivity contribution in [2.75, 3.05) is 39.6 Å². The molecule has 0 saturated heterocycles. The van der Waals surface area contributed by atoms with Gasteiger partial charge >= 0.3 is 39.5 Å². The lowest BCUT2D eigenvalue weighted by Crippen LogP contribution is -2.30. The van der Waals surface area contributed by atoms with E-state index in [1.807, 2.05) is 0 Å². The Morgan fingerprint density at radius 2 is 0.586 bits per heavy atom. The van der Waals surface area contributed by atoms with E-state index >= 15 is 0 Å². The van der Waals surface area contributed by atoms with E-state index < -0.39 is 97.5 Å². The van der Waals surface area contributed by atoms with Crippen molar-refractivity contribution >= 4 is 39.5 Å². The summed E-state index contributed by atoms with van der Waals surface area (Å²) < 4.78 is 68.2. The first kappa shape index (κ1) is 85.1. The maximum atomic E-state index is 13.0. The van der Waals surface area contributed by atoms with Crippen LogP contribution in [0.2, 0.25) is 0 Å². The van der Waals surface area contributed by atoms with Gasteiger partial charge in [-0.2, -0.15) is 0 Å². The van der Waals surface area contributed by atoms with E-state index in [0.29, 0.717) is 31.6 Å². The van der Waals surface area contributed by atoms with Crippen molar-refractivity contribution < 1.29 is 80.2 Å². The van der Waals surface area contributed by atoms with Gasteiger partial charge in [0.15, 0.2) is 12.2 Å². The lowest BCUT2D eigenvalue weighted by atomic mass is 9.99. The van der Waals surface area contributed by atoms with Crippen LogP contribution < -0.4 is 0 Å². The second-order valence-electron chi connectivity index (χ2n) is 25.3. The molecule has 0 aliphatic rings. The van der Waals surface area contributed by atoms with Gasteiger partial charge in [0.1, 0.15) is 19.3 Å². The van der Waals surface area contributed by atoms with Crippen molar-refractivity contribution in [3.63, 3.8) is 0 Å². The van der Waals surface area contributed by atoms with Crippen LogP contribution in [0.15, 0.2) is 0 Å². The van der Waals surface area contributed by atoms with E-state index in [4.69, 9.17) is 37.0 Å². The van der Waals surface area contributed by atoms with Gasteiger partial charge in [-0.15, -0.1) is 0 Å². The summed E-state index contributed by atoms with van der Waals surface area (Å²) in [6.45, 7) is 9.50. The molecule has 0 heterocycles. The lowest BCUT2D eigenvalue weighted by molar-refractivity contribution is -0.161. The van der Waals surface area contributed by atoms with Crippen LogP contribution in [0.1, 0.15) is 343 Å². The minimum absolute atomic E-state index is 0.106. The zero-order valence-corrected chi connectivity index (χ0v) is 58.1. The maximum Gasteiger partial charge on any atom is 0.472 e. The van der Waals surface area contributed by atoms with Gasteiger partial charge in [-0.1, -0.05) is 292 Å². The number of ether oxygens (including phenoxy) is 4. The Morgan fingerprint density at radius 3 is 0.874 bits per heavy atom. The zero-order valence-electron chi connectivity index (χ0n) is 56.3. The molecule has 0 aromatic carbocycles. The quantitative estimate of drug-likeness (QED) is 0.0222. The van der Waals surface area contributed by atoms with Crippen molar-refractivity contribution in [2.45, 2.75) is 362 Å². The van der Waals surface area contributed by atoms with E-state index in [0.717, 1.165) is 102 Å². The highest BCUT2D eigenvalue weighted by Crippen LogP contribution is 2.45. The first-order chi connectivity index (χ1) is 41.9. The molecule has 0 fully saturated rings. The summed E-state index contributed by atoms with van der Waals surface area (Å²) in [6.07, 6.45) is 44.3. The summed E-state index contributed by atoms with van der Waals surface area (Å²) in [7, 11) is -9.89. The Bertz CT molecular complexity index is 1700. The van der Waals surface area contributed by atoms with E-state index in [2.05, 4.69) is 41.5 Å². The predicted molar refractivity (Wildman–Crippen MR) is 349 cm³/mol. The molecule has 0 saturated carbocycles. The summed E-state index contributed by atoms with van der Waals surface area (Å²) >= 11 is 0. The summed E-state index contributed by atoms with van der Waals surface area (Å²) in [5.41, 5.74) is 0. The maximum absolute atomic E-state index is 13.0. The molecule has 3 N–H and O–H groups in total. The average molecular weight is 1280 g/mol. The van der Waals surface area contributed by atoms with E-state index in [1.54, 1.807) is 0 Å². The monoisotopic (exact) mass is 1280 g/mol. The molecule has 516 valence electrons. The van der Waals surface area contributed by atoms with Crippen LogP contribution in [0.25, 0.3) is 0 Å². The van der Waals surface area contributed by atoms with Gasteiger partial charge < -0.3 is 33.8 Å². The molecule has 0 bridgehead atoms. The Labute approximate surface area is 530 Å². The number of carbonyl (C=O) groups excluding carboxylic acids is 4. The van der Waals surface area contributed by atoms with Gasteiger partial charge in [0, 0.05) is 25.7 Å². The molecule has 19 heteroatoms. The van der Waals surface area contributed by atoms with Crippen molar-refractivity contribution in [1.29, 1.82) is 0 Å². The number of aliphatic hydroxyl groups is 1. The third-order valence-corrected chi connectivity index (χ3v) is 18.0. The van der Waals surface area contributed by atoms with Gasteiger partial charge in [-0.3, -0.25) is 37.3 Å². The third-order valence-electron chi connectivity index (χ3n) is 16.1. The largest absolute Gasteiger partial charge is 0.472 e. The molecular formula is C68H132O17P2. The number of carbonyl (C=O) groups is 4. The SMILES string of the molecule is CCCCCCCCCCCCCCC(=O)OC[C@H](COP(=O)(O)OC[C@@H](O)COP(=O)(O)OC[C@@H](COC(=O)CCCCCCCCCC(C)C)OC(=O)CCCCCCCCCCCCC)OC(=O)CCCCCCCCCCCCC(C)CC. The van der Waals surface area contributed by atoms with Crippen LogP contribution in [0.5, 0.6) is 0 Å². The summed E-state index contributed by atoms with van der Waals surface area (Å²) in [5.74, 6) is -0.618. The lowest BCUT2D eigenvalue weighted by Gasteiger charge is -2.21. The molecule has 0 aromatic rings. The van der Waals surface area contributed by atoms with Gasteiger partial charge in [-0.05, 0) is 37.5 Å². The third kappa shape index (κ3) is 61.3. The fourth-order valence-corrected chi connectivity index (χ4v) is 11.8. The van der Waals surface area contributed by atoms with Crippen molar-refractivity contribution in [2.24, 2.45) is 11.8 Å². The Hall–Kier alpha value is -1.94. The van der Waals surface area contributed by atoms with Crippen molar-refractivity contribution in [1.82, 2.24) is 0 Å². The highest BCUT2D eigenvalue weighted by Gasteiger charge is 2.30. The van der Waals surface area contributed by atoms with Crippen LogP contribution in [-0.2, 0) is 65.4 Å². The molecule has 0 aliphatic carbocycles. The zero-order chi connectivity index (χ0) is 64.3. The molecular weight excluding hydrogens is 1150 g/mol. The van der Waals surface area contributed by atoms with Crippen LogP contribution >= 0.6 is 15.6 Å². The number of aliphatic hydroxyl groups excluding tert-OH is 1. The molecule has 0 rings (SSSR count). The van der Waals surface area contributed by atoms with Gasteiger partial charge in [-0.25, -0.2) is 9.13 Å². The number of phosphoric acid groups is 2. The highest BCUT2D eigenvalue weighted by atomic mass is 31.2. The summed E-state index contributed by atoms with van der Waals surface area (Å²) in [4.78, 5) is 72.4. The minimum Gasteiger partial charge on any atom is -0.462 e. The smallest absolute Gasteiger partial charge is 0.462 e. The number of rotatable bonds is 67. The summed E-state index contributed by atoms with van der Waals surface area (Å²) in [5, 5.41) is 10.6. The standard InChI is InChI=1S/C68H132O17P2/c1-7-10-12-14-16-18-20-22-26-32-38-44-50-65(70)78-56-63(84-68(73)53-47-41-34-28-24-23-25-31-37-43-49-61(6)9-3)58-82-86(74,75)80-54-62(69)55-81-87(76,77)83-59-64(57-79-66(71)51-45-39-35-29-30-36-42-48-60(4)5)85-67(72)52-46-40-33-27-21-19-17-15-13-11-8-2/h60-64,69H,7-59H2,1-6H3,(H,74,75)(H,76,77)/t61?,62-,63-,64-/m1/s1. The van der Waals surface area contributed by atoms with E-state index in [1.165, 1.54) is 154 Å². The fraction of sp³-hybridized carbons (Fsp3) is 0.941. The number of phosphoric ester groups is 2. The fourth-order valence-electron chi connectivity index (χ4n) is 10.2. The second kappa shape index (κ2) is 60.3. The first-order valence-corrected chi connectivity index (χ1v) is 38.5. The molecule has 0 radical (unpaired) electrons. The predicted octanol–water partition coefficient (Wildman–Crippen LogP) is 19.2. The Balaban J connectivity index is 5.25. The summed E-state index contributed by atoms with van der Waals surface area (Å²) in [6, 6.07) is 0. The Kier molecular flexibility index (Phi) is 59.0. The van der Waals surface area contributed by atoms with Crippen LogP contribution in [0, 0.1) is 11.8 Å². The molecule has 0 amide bonds. The molecule has 0 spiro atoms. The van der Waals surface area contributed by atoms with Crippen LogP contribution in [0.3, 0.4) is 0 Å². The average Bonchev–Trinajstić information content (AvgIpc) is 3.54. The minimum atomic E-state index is -4.95. The molecule has 17 nitrogen and oxygen atoms in total. The number of esters is 4. The van der Waals surface area contributed by atoms with E-state index in [-0.39, 0.29) is 25.7 Å². The van der Waals surface area contributed by atoms with Crippen LogP contribution in [0.4, 0.5) is 0 Å². The van der Waals surface area contributed by atoms with E-state index in [9.17, 15) is 43.2 Å². The van der Waals surface area contributed by atoms with Crippen molar-refractivity contribution in [3.05, 3.63) is 0 Å². The molecule has 3 unspecified atom stereocenters. The highest BCUT2D eigenvalue weighted by molar-refractivity contribution is 7.47. The van der Waals surface area contributed by atoms with Crippen molar-refractivity contribution in [3.8, 4) is 0 Å². The normalized spacial score (nSPS) is 14.5. The molecule has 87 heavy (non-hydrogen) atoms. The number of unbranched alkanes of at least 4 members (excludes halogenated alkanes) is 36. The second-order valence-corrected chi connectivity index (χ2v) is 28.2. The first-order valence-electron chi connectivity index (χ1n) is 35.5. The van der Waals surface area contributed by atoms with Gasteiger partial charge in [0.05, 0.1) is 26.4 Å².